The molecule has 0 radical (unpaired) electrons. The first-order valence-electron chi connectivity index (χ1n) is 11.5. The van der Waals surface area contributed by atoms with Crippen LogP contribution in [0.25, 0.3) is 0 Å². The van der Waals surface area contributed by atoms with Crippen molar-refractivity contribution in [3.8, 4) is 5.75 Å². The molecule has 2 aliphatic rings. The van der Waals surface area contributed by atoms with Crippen LogP contribution in [0, 0.1) is 13.8 Å². The Morgan fingerprint density at radius 3 is 2.28 bits per heavy atom. The van der Waals surface area contributed by atoms with E-state index < -0.39 is 0 Å². The van der Waals surface area contributed by atoms with Crippen molar-refractivity contribution in [1.82, 2.24) is 10.2 Å². The van der Waals surface area contributed by atoms with Gasteiger partial charge in [-0.25, -0.2) is 0 Å². The molecule has 0 bridgehead atoms. The van der Waals surface area contributed by atoms with Crippen molar-refractivity contribution in [3.05, 3.63) is 64.7 Å². The zero-order valence-corrected chi connectivity index (χ0v) is 19.2. The first-order chi connectivity index (χ1) is 15.6. The summed E-state index contributed by atoms with van der Waals surface area (Å²) in [5, 5.41) is 3.22. The summed E-state index contributed by atoms with van der Waals surface area (Å²) in [6, 6.07) is 14.0. The summed E-state index contributed by atoms with van der Waals surface area (Å²) in [6.07, 6.45) is 1.86. The van der Waals surface area contributed by atoms with E-state index in [-0.39, 0.29) is 11.4 Å². The van der Waals surface area contributed by atoms with Gasteiger partial charge >= 0.3 is 0 Å². The first kappa shape index (κ1) is 22.8. The topological polar surface area (TPSA) is 60.0 Å². The molecule has 2 heterocycles. The highest BCUT2D eigenvalue weighted by atomic mass is 16.5. The fourth-order valence-corrected chi connectivity index (χ4v) is 4.78. The summed E-state index contributed by atoms with van der Waals surface area (Å²) in [5.41, 5.74) is 3.69. The van der Waals surface area contributed by atoms with E-state index in [0.717, 1.165) is 74.8 Å². The van der Waals surface area contributed by atoms with Crippen LogP contribution in [0.5, 0.6) is 5.75 Å². The van der Waals surface area contributed by atoms with Gasteiger partial charge in [-0.15, -0.1) is 0 Å². The van der Waals surface area contributed by atoms with Crippen LogP contribution in [0.15, 0.2) is 42.5 Å². The molecule has 6 heteroatoms. The minimum Gasteiger partial charge on any atom is -0.488 e. The summed E-state index contributed by atoms with van der Waals surface area (Å²) in [6.45, 7) is 9.91. The number of aryl methyl sites for hydroxylation is 2. The summed E-state index contributed by atoms with van der Waals surface area (Å²) < 4.78 is 17.2. The molecular formula is C26H34N2O4. The summed E-state index contributed by atoms with van der Waals surface area (Å²) in [4.78, 5) is 15.6. The second-order valence-corrected chi connectivity index (χ2v) is 8.83. The van der Waals surface area contributed by atoms with Crippen LogP contribution in [0.2, 0.25) is 0 Å². The minimum absolute atomic E-state index is 0.0371. The highest BCUT2D eigenvalue weighted by Crippen LogP contribution is 2.29. The molecule has 2 fully saturated rings. The maximum atomic E-state index is 13.1. The smallest absolute Gasteiger partial charge is 0.251 e. The van der Waals surface area contributed by atoms with Crippen molar-refractivity contribution in [2.75, 3.05) is 46.1 Å². The van der Waals surface area contributed by atoms with Crippen molar-refractivity contribution in [3.63, 3.8) is 0 Å². The SMILES string of the molecule is Cc1cc(C(=O)NCC2(N3CCOCC3)CCOCC2)cc(C)c1OCc1ccccc1. The summed E-state index contributed by atoms with van der Waals surface area (Å²) >= 11 is 0. The highest BCUT2D eigenvalue weighted by Gasteiger charge is 2.39. The van der Waals surface area contributed by atoms with Gasteiger partial charge < -0.3 is 19.5 Å². The molecular weight excluding hydrogens is 404 g/mol. The van der Waals surface area contributed by atoms with Crippen LogP contribution in [-0.4, -0.2) is 62.4 Å². The van der Waals surface area contributed by atoms with Crippen molar-refractivity contribution in [2.24, 2.45) is 0 Å². The summed E-state index contributed by atoms with van der Waals surface area (Å²) in [5.74, 6) is 0.810. The van der Waals surface area contributed by atoms with Gasteiger partial charge in [0.1, 0.15) is 12.4 Å². The quantitative estimate of drug-likeness (QED) is 0.717. The number of nitrogens with zero attached hydrogens (tertiary/aromatic N) is 1. The van der Waals surface area contributed by atoms with Crippen molar-refractivity contribution in [1.29, 1.82) is 0 Å². The third-order valence-electron chi connectivity index (χ3n) is 6.63. The summed E-state index contributed by atoms with van der Waals surface area (Å²) in [7, 11) is 0. The Labute approximate surface area is 190 Å². The van der Waals surface area contributed by atoms with Crippen LogP contribution in [0.4, 0.5) is 0 Å². The number of morpholine rings is 1. The van der Waals surface area contributed by atoms with Crippen LogP contribution < -0.4 is 10.1 Å². The second-order valence-electron chi connectivity index (χ2n) is 8.83. The van der Waals surface area contributed by atoms with Gasteiger partial charge in [-0.3, -0.25) is 9.69 Å². The van der Waals surface area contributed by atoms with Gasteiger partial charge in [-0.05, 0) is 55.5 Å². The molecule has 0 aromatic heterocycles. The maximum Gasteiger partial charge on any atom is 0.251 e. The molecule has 32 heavy (non-hydrogen) atoms. The van der Waals surface area contributed by atoms with Gasteiger partial charge in [0, 0.05) is 44.0 Å². The highest BCUT2D eigenvalue weighted by molar-refractivity contribution is 5.95. The van der Waals surface area contributed by atoms with Gasteiger partial charge in [-0.2, -0.15) is 0 Å². The lowest BCUT2D eigenvalue weighted by Gasteiger charge is -2.47. The third-order valence-corrected chi connectivity index (χ3v) is 6.63. The lowest BCUT2D eigenvalue weighted by atomic mass is 9.87. The van der Waals surface area contributed by atoms with Crippen molar-refractivity contribution in [2.45, 2.75) is 38.8 Å². The lowest BCUT2D eigenvalue weighted by molar-refractivity contribution is -0.0693. The molecule has 1 amide bonds. The molecule has 0 unspecified atom stereocenters. The molecule has 2 aromatic rings. The van der Waals surface area contributed by atoms with Crippen LogP contribution in [0.1, 0.15) is 39.9 Å². The molecule has 2 aromatic carbocycles. The monoisotopic (exact) mass is 438 g/mol. The van der Waals surface area contributed by atoms with Crippen molar-refractivity contribution >= 4 is 5.91 Å². The third kappa shape index (κ3) is 5.31. The molecule has 0 spiro atoms. The Hall–Kier alpha value is -2.41. The van der Waals surface area contributed by atoms with E-state index in [1.54, 1.807) is 0 Å². The number of amides is 1. The number of nitrogens with one attached hydrogen (secondary N) is 1. The predicted molar refractivity (Wildman–Crippen MR) is 124 cm³/mol. The van der Waals surface area contributed by atoms with Crippen LogP contribution in [0.3, 0.4) is 0 Å². The van der Waals surface area contributed by atoms with E-state index in [9.17, 15) is 4.79 Å². The van der Waals surface area contributed by atoms with Crippen LogP contribution in [-0.2, 0) is 16.1 Å². The van der Waals surface area contributed by atoms with E-state index in [1.807, 2.05) is 56.3 Å². The Morgan fingerprint density at radius 2 is 1.62 bits per heavy atom. The number of carbonyl (C=O) groups excluding carboxylic acids is 1. The van der Waals surface area contributed by atoms with E-state index in [2.05, 4.69) is 10.2 Å². The standard InChI is InChI=1S/C26H34N2O4/c1-20-16-23(17-21(2)24(20)32-18-22-6-4-3-5-7-22)25(29)27-19-26(8-12-30-13-9-26)28-10-14-31-15-11-28/h3-7,16-17H,8-15,18-19H2,1-2H3,(H,27,29). The predicted octanol–water partition coefficient (Wildman–Crippen LogP) is 3.49. The lowest BCUT2D eigenvalue weighted by Crippen LogP contribution is -2.61. The molecule has 172 valence electrons. The number of ether oxygens (including phenoxy) is 3. The molecule has 2 aliphatic heterocycles. The Kier molecular flexibility index (Phi) is 7.45. The van der Waals surface area contributed by atoms with Crippen molar-refractivity contribution < 1.29 is 19.0 Å². The fraction of sp³-hybridized carbons (Fsp3) is 0.500. The minimum atomic E-state index is -0.0550. The van der Waals surface area contributed by atoms with E-state index in [4.69, 9.17) is 14.2 Å². The zero-order chi connectivity index (χ0) is 22.4. The molecule has 0 atom stereocenters. The van der Waals surface area contributed by atoms with Crippen LogP contribution >= 0.6 is 0 Å². The van der Waals surface area contributed by atoms with Gasteiger partial charge in [0.2, 0.25) is 0 Å². The molecule has 4 rings (SSSR count). The zero-order valence-electron chi connectivity index (χ0n) is 19.2. The average Bonchev–Trinajstić information content (AvgIpc) is 2.84. The number of hydrogen-bond donors (Lipinski definition) is 1. The Bertz CT molecular complexity index is 880. The normalized spacial score (nSPS) is 18.8. The molecule has 0 aliphatic carbocycles. The van der Waals surface area contributed by atoms with Gasteiger partial charge in [0.15, 0.2) is 0 Å². The van der Waals surface area contributed by atoms with E-state index in [0.29, 0.717) is 18.7 Å². The maximum absolute atomic E-state index is 13.1. The number of carbonyl (C=O) groups is 1. The molecule has 0 saturated carbocycles. The Morgan fingerprint density at radius 1 is 1.00 bits per heavy atom. The van der Waals surface area contributed by atoms with Gasteiger partial charge in [-0.1, -0.05) is 30.3 Å². The molecule has 6 nitrogen and oxygen atoms in total. The van der Waals surface area contributed by atoms with E-state index in [1.165, 1.54) is 0 Å². The number of rotatable bonds is 7. The Balaban J connectivity index is 1.42. The number of benzene rings is 2. The van der Waals surface area contributed by atoms with Gasteiger partial charge in [0.25, 0.3) is 5.91 Å². The van der Waals surface area contributed by atoms with E-state index >= 15 is 0 Å². The first-order valence-corrected chi connectivity index (χ1v) is 11.5. The molecule has 2 saturated heterocycles. The number of hydrogen-bond acceptors (Lipinski definition) is 5. The largest absolute Gasteiger partial charge is 0.488 e. The average molecular weight is 439 g/mol. The molecule has 1 N–H and O–H groups in total. The van der Waals surface area contributed by atoms with Gasteiger partial charge in [0.05, 0.1) is 13.2 Å². The fourth-order valence-electron chi connectivity index (χ4n) is 4.78. The second kappa shape index (κ2) is 10.5.